The highest BCUT2D eigenvalue weighted by molar-refractivity contribution is 5.47. The Bertz CT molecular complexity index is 370. The quantitative estimate of drug-likeness (QED) is 0.806. The molecule has 1 aromatic heterocycles. The van der Waals surface area contributed by atoms with Gasteiger partial charge in [-0.25, -0.2) is 9.97 Å². The van der Waals surface area contributed by atoms with Crippen molar-refractivity contribution in [1.29, 1.82) is 0 Å². The van der Waals surface area contributed by atoms with E-state index in [1.807, 2.05) is 20.0 Å². The van der Waals surface area contributed by atoms with Crippen molar-refractivity contribution in [2.24, 2.45) is 0 Å². The minimum Gasteiger partial charge on any atom is -0.384 e. The van der Waals surface area contributed by atoms with Crippen LogP contribution < -0.4 is 10.6 Å². The third-order valence-electron chi connectivity index (χ3n) is 2.94. The lowest BCUT2D eigenvalue weighted by Gasteiger charge is -2.26. The summed E-state index contributed by atoms with van der Waals surface area (Å²) >= 11 is 0. The second-order valence-corrected chi connectivity index (χ2v) is 4.45. The lowest BCUT2D eigenvalue weighted by Crippen LogP contribution is -2.29. The van der Waals surface area contributed by atoms with E-state index in [4.69, 9.17) is 10.5 Å². The van der Waals surface area contributed by atoms with Crippen LogP contribution in [0, 0.1) is 0 Å². The van der Waals surface area contributed by atoms with Gasteiger partial charge in [-0.2, -0.15) is 0 Å². The van der Waals surface area contributed by atoms with E-state index in [1.54, 1.807) is 0 Å². The molecule has 0 saturated heterocycles. The standard InChI is InChI=1S/C13H24N4O/c1-5-7-10(3)17(4)13-8-11(14)15-12(16-13)9-18-6-2/h8,10H,5-7,9H2,1-4H3,(H2,14,15,16). The lowest BCUT2D eigenvalue weighted by molar-refractivity contribution is 0.128. The SMILES string of the molecule is CCCC(C)N(C)c1cc(N)nc(COCC)n1. The van der Waals surface area contributed by atoms with Crippen molar-refractivity contribution in [3.63, 3.8) is 0 Å². The zero-order valence-electron chi connectivity index (χ0n) is 11.8. The van der Waals surface area contributed by atoms with Gasteiger partial charge in [-0.15, -0.1) is 0 Å². The van der Waals surface area contributed by atoms with Gasteiger partial charge >= 0.3 is 0 Å². The van der Waals surface area contributed by atoms with Crippen LogP contribution in [0.3, 0.4) is 0 Å². The van der Waals surface area contributed by atoms with E-state index < -0.39 is 0 Å². The Labute approximate surface area is 109 Å². The van der Waals surface area contributed by atoms with E-state index in [0.717, 1.165) is 18.7 Å². The maximum absolute atomic E-state index is 5.81. The fourth-order valence-corrected chi connectivity index (χ4v) is 1.78. The number of aromatic nitrogens is 2. The minimum atomic E-state index is 0.407. The average molecular weight is 252 g/mol. The maximum atomic E-state index is 5.81. The predicted octanol–water partition coefficient (Wildman–Crippen LogP) is 2.22. The Kier molecular flexibility index (Phi) is 5.85. The lowest BCUT2D eigenvalue weighted by atomic mass is 10.2. The highest BCUT2D eigenvalue weighted by Crippen LogP contribution is 2.17. The summed E-state index contributed by atoms with van der Waals surface area (Å²) in [7, 11) is 2.03. The summed E-state index contributed by atoms with van der Waals surface area (Å²) < 4.78 is 5.32. The zero-order valence-corrected chi connectivity index (χ0v) is 11.8. The first-order valence-electron chi connectivity index (χ1n) is 6.52. The second kappa shape index (κ2) is 7.16. The van der Waals surface area contributed by atoms with E-state index in [-0.39, 0.29) is 0 Å². The molecule has 1 rings (SSSR count). The summed E-state index contributed by atoms with van der Waals surface area (Å²) in [5, 5.41) is 0. The van der Waals surface area contributed by atoms with Crippen molar-refractivity contribution >= 4 is 11.6 Å². The summed E-state index contributed by atoms with van der Waals surface area (Å²) in [4.78, 5) is 10.8. The van der Waals surface area contributed by atoms with Crippen LogP contribution >= 0.6 is 0 Å². The molecule has 0 aliphatic heterocycles. The van der Waals surface area contributed by atoms with Gasteiger partial charge in [-0.05, 0) is 20.3 Å². The molecule has 0 aromatic carbocycles. The molecule has 1 atom stereocenters. The van der Waals surface area contributed by atoms with E-state index in [1.165, 1.54) is 0 Å². The Morgan fingerprint density at radius 1 is 1.39 bits per heavy atom. The van der Waals surface area contributed by atoms with Crippen LogP contribution in [0.5, 0.6) is 0 Å². The normalized spacial score (nSPS) is 12.4. The summed E-state index contributed by atoms with van der Waals surface area (Å²) in [5.41, 5.74) is 5.81. The Hall–Kier alpha value is -1.36. The van der Waals surface area contributed by atoms with Gasteiger partial charge in [0.1, 0.15) is 18.2 Å². The molecule has 2 N–H and O–H groups in total. The first-order valence-corrected chi connectivity index (χ1v) is 6.52. The van der Waals surface area contributed by atoms with E-state index in [9.17, 15) is 0 Å². The molecule has 5 nitrogen and oxygen atoms in total. The topological polar surface area (TPSA) is 64.3 Å². The number of hydrogen-bond acceptors (Lipinski definition) is 5. The molecule has 1 unspecified atom stereocenters. The molecule has 0 fully saturated rings. The molecule has 0 amide bonds. The first kappa shape index (κ1) is 14.7. The van der Waals surface area contributed by atoms with Crippen molar-refractivity contribution in [1.82, 2.24) is 9.97 Å². The van der Waals surface area contributed by atoms with E-state index >= 15 is 0 Å². The smallest absolute Gasteiger partial charge is 0.158 e. The molecule has 0 spiro atoms. The van der Waals surface area contributed by atoms with Gasteiger partial charge in [0.2, 0.25) is 0 Å². The highest BCUT2D eigenvalue weighted by atomic mass is 16.5. The largest absolute Gasteiger partial charge is 0.384 e. The number of rotatable bonds is 7. The molecule has 0 bridgehead atoms. The van der Waals surface area contributed by atoms with Crippen LogP contribution in [-0.2, 0) is 11.3 Å². The van der Waals surface area contributed by atoms with E-state index in [2.05, 4.69) is 28.7 Å². The van der Waals surface area contributed by atoms with Gasteiger partial charge in [0.05, 0.1) is 0 Å². The Balaban J connectivity index is 2.84. The molecule has 102 valence electrons. The van der Waals surface area contributed by atoms with Gasteiger partial charge < -0.3 is 15.4 Å². The van der Waals surface area contributed by atoms with Gasteiger partial charge in [0.15, 0.2) is 5.82 Å². The molecule has 0 aliphatic rings. The first-order chi connectivity index (χ1) is 8.58. The third kappa shape index (κ3) is 4.14. The molecule has 0 saturated carbocycles. The summed E-state index contributed by atoms with van der Waals surface area (Å²) in [6, 6.07) is 2.24. The van der Waals surface area contributed by atoms with Crippen molar-refractivity contribution in [2.75, 3.05) is 24.3 Å². The third-order valence-corrected chi connectivity index (χ3v) is 2.94. The van der Waals surface area contributed by atoms with Crippen LogP contribution in [0.25, 0.3) is 0 Å². The summed E-state index contributed by atoms with van der Waals surface area (Å²) in [6.45, 7) is 7.37. The fourth-order valence-electron chi connectivity index (χ4n) is 1.78. The van der Waals surface area contributed by atoms with Crippen LogP contribution in [0.4, 0.5) is 11.6 Å². The summed E-state index contributed by atoms with van der Waals surface area (Å²) in [5.74, 6) is 1.99. The number of nitrogen functional groups attached to an aromatic ring is 1. The fraction of sp³-hybridized carbons (Fsp3) is 0.692. The van der Waals surface area contributed by atoms with Crippen molar-refractivity contribution in [3.8, 4) is 0 Å². The van der Waals surface area contributed by atoms with Gasteiger partial charge in [0, 0.05) is 25.8 Å². The molecule has 18 heavy (non-hydrogen) atoms. The van der Waals surface area contributed by atoms with Crippen LogP contribution in [-0.4, -0.2) is 29.7 Å². The van der Waals surface area contributed by atoms with Crippen LogP contribution in [0.15, 0.2) is 6.07 Å². The number of hydrogen-bond donors (Lipinski definition) is 1. The van der Waals surface area contributed by atoms with Gasteiger partial charge in [-0.1, -0.05) is 13.3 Å². The molecule has 5 heteroatoms. The van der Waals surface area contributed by atoms with Crippen molar-refractivity contribution in [2.45, 2.75) is 46.3 Å². The van der Waals surface area contributed by atoms with Gasteiger partial charge in [0.25, 0.3) is 0 Å². The number of ether oxygens (including phenoxy) is 1. The summed E-state index contributed by atoms with van der Waals surface area (Å²) in [6.07, 6.45) is 2.28. The maximum Gasteiger partial charge on any atom is 0.158 e. The number of nitrogens with two attached hydrogens (primary N) is 1. The van der Waals surface area contributed by atoms with Crippen molar-refractivity contribution in [3.05, 3.63) is 11.9 Å². The molecular formula is C13H24N4O. The van der Waals surface area contributed by atoms with Gasteiger partial charge in [-0.3, -0.25) is 0 Å². The number of anilines is 2. The van der Waals surface area contributed by atoms with Crippen LogP contribution in [0.2, 0.25) is 0 Å². The predicted molar refractivity (Wildman–Crippen MR) is 74.5 cm³/mol. The monoisotopic (exact) mass is 252 g/mol. The van der Waals surface area contributed by atoms with E-state index in [0.29, 0.717) is 30.9 Å². The number of nitrogens with zero attached hydrogens (tertiary/aromatic N) is 3. The Morgan fingerprint density at radius 3 is 2.72 bits per heavy atom. The zero-order chi connectivity index (χ0) is 13.5. The van der Waals surface area contributed by atoms with Crippen molar-refractivity contribution < 1.29 is 4.74 Å². The van der Waals surface area contributed by atoms with Crippen LogP contribution in [0.1, 0.15) is 39.4 Å². The Morgan fingerprint density at radius 2 is 2.11 bits per heavy atom. The minimum absolute atomic E-state index is 0.407. The average Bonchev–Trinajstić information content (AvgIpc) is 2.35. The molecule has 1 heterocycles. The molecule has 0 radical (unpaired) electrons. The second-order valence-electron chi connectivity index (χ2n) is 4.45. The highest BCUT2D eigenvalue weighted by Gasteiger charge is 2.12. The molecular weight excluding hydrogens is 228 g/mol. The molecule has 1 aromatic rings. The molecule has 0 aliphatic carbocycles.